The Morgan fingerprint density at radius 3 is 2.50 bits per heavy atom. The van der Waals surface area contributed by atoms with Crippen LogP contribution >= 0.6 is 0 Å². The maximum Gasteiger partial charge on any atom is 0.231 e. The Hall–Kier alpha value is -3.07. The summed E-state index contributed by atoms with van der Waals surface area (Å²) in [7, 11) is 1.82. The van der Waals surface area contributed by atoms with Crippen molar-refractivity contribution in [3.05, 3.63) is 78.5 Å². The van der Waals surface area contributed by atoms with Crippen molar-refractivity contribution in [2.45, 2.75) is 6.42 Å². The van der Waals surface area contributed by atoms with Gasteiger partial charge in [0.25, 0.3) is 0 Å². The molecule has 0 saturated heterocycles. The molecule has 0 aromatic heterocycles. The average Bonchev–Trinajstić information content (AvgIpc) is 2.64. The molecule has 118 valence electrons. The van der Waals surface area contributed by atoms with E-state index in [0.29, 0.717) is 6.42 Å². The molecule has 1 aliphatic heterocycles. The molecule has 24 heavy (non-hydrogen) atoms. The molecule has 3 aromatic carbocycles. The van der Waals surface area contributed by atoms with E-state index in [2.05, 4.69) is 29.6 Å². The van der Waals surface area contributed by atoms with E-state index in [9.17, 15) is 4.79 Å². The lowest BCUT2D eigenvalue weighted by Gasteiger charge is -2.22. The van der Waals surface area contributed by atoms with Crippen LogP contribution in [0.2, 0.25) is 0 Å². The van der Waals surface area contributed by atoms with Crippen molar-refractivity contribution in [1.82, 2.24) is 0 Å². The fraction of sp³-hybridized carbons (Fsp3) is 0.0952. The molecule has 3 aromatic rings. The fourth-order valence-corrected chi connectivity index (χ4v) is 3.19. The Morgan fingerprint density at radius 1 is 0.958 bits per heavy atom. The summed E-state index contributed by atoms with van der Waals surface area (Å²) in [5.74, 6) is 0.0747. The van der Waals surface area contributed by atoms with Gasteiger partial charge in [-0.1, -0.05) is 48.5 Å². The largest absolute Gasteiger partial charge is 0.361 e. The van der Waals surface area contributed by atoms with E-state index >= 15 is 0 Å². The quantitative estimate of drug-likeness (QED) is 0.762. The lowest BCUT2D eigenvalue weighted by Crippen LogP contribution is -2.26. The van der Waals surface area contributed by atoms with E-state index in [-0.39, 0.29) is 5.91 Å². The molecule has 0 fully saturated rings. The minimum atomic E-state index is 0.0747. The first-order chi connectivity index (χ1) is 11.7. The standard InChI is InChI=1S/C21H18N2O/c1-23(17-9-3-2-4-10-17)20(24)13-16-14-22-19-12-6-8-15-7-5-11-18(16)21(15)19/h2-12,14,22H,13H2,1H3. The van der Waals surface area contributed by atoms with Gasteiger partial charge in [0.15, 0.2) is 0 Å². The van der Waals surface area contributed by atoms with Gasteiger partial charge < -0.3 is 10.2 Å². The van der Waals surface area contributed by atoms with Gasteiger partial charge in [0.1, 0.15) is 0 Å². The SMILES string of the molecule is CN(C(=O)CC1=CNc2cccc3cccc1c23)c1ccccc1. The second kappa shape index (κ2) is 5.85. The molecule has 3 nitrogen and oxygen atoms in total. The van der Waals surface area contributed by atoms with E-state index in [1.54, 1.807) is 4.90 Å². The molecule has 4 rings (SSSR count). The number of rotatable bonds is 3. The van der Waals surface area contributed by atoms with Crippen LogP contribution in [0.4, 0.5) is 11.4 Å². The number of anilines is 2. The van der Waals surface area contributed by atoms with Crippen LogP contribution in [0.25, 0.3) is 16.3 Å². The van der Waals surface area contributed by atoms with Crippen molar-refractivity contribution in [2.75, 3.05) is 17.3 Å². The average molecular weight is 314 g/mol. The topological polar surface area (TPSA) is 32.3 Å². The van der Waals surface area contributed by atoms with Crippen LogP contribution in [0.1, 0.15) is 12.0 Å². The Labute approximate surface area is 141 Å². The molecule has 1 amide bonds. The lowest BCUT2D eigenvalue weighted by molar-refractivity contribution is -0.117. The number of carbonyl (C=O) groups is 1. The zero-order chi connectivity index (χ0) is 16.5. The predicted octanol–water partition coefficient (Wildman–Crippen LogP) is 4.66. The molecule has 1 heterocycles. The third kappa shape index (κ3) is 2.44. The highest BCUT2D eigenvalue weighted by molar-refractivity contribution is 6.09. The van der Waals surface area contributed by atoms with Crippen LogP contribution in [-0.4, -0.2) is 13.0 Å². The number of nitrogens with zero attached hydrogens (tertiary/aromatic N) is 1. The van der Waals surface area contributed by atoms with E-state index in [1.165, 1.54) is 10.8 Å². The maximum atomic E-state index is 12.7. The molecule has 0 spiro atoms. The first-order valence-electron chi connectivity index (χ1n) is 8.03. The van der Waals surface area contributed by atoms with Gasteiger partial charge in [0.05, 0.1) is 6.42 Å². The Bertz CT molecular complexity index is 939. The van der Waals surface area contributed by atoms with Crippen molar-refractivity contribution >= 4 is 33.6 Å². The first-order valence-corrected chi connectivity index (χ1v) is 8.03. The molecule has 0 unspecified atom stereocenters. The normalized spacial score (nSPS) is 12.5. The third-order valence-corrected chi connectivity index (χ3v) is 4.51. The van der Waals surface area contributed by atoms with Crippen molar-refractivity contribution in [3.63, 3.8) is 0 Å². The van der Waals surface area contributed by atoms with Crippen LogP contribution in [0.3, 0.4) is 0 Å². The van der Waals surface area contributed by atoms with Crippen LogP contribution in [0.15, 0.2) is 72.9 Å². The third-order valence-electron chi connectivity index (χ3n) is 4.51. The smallest absolute Gasteiger partial charge is 0.231 e. The summed E-state index contributed by atoms with van der Waals surface area (Å²) in [5, 5.41) is 5.70. The Morgan fingerprint density at radius 2 is 1.71 bits per heavy atom. The summed E-state index contributed by atoms with van der Waals surface area (Å²) >= 11 is 0. The van der Waals surface area contributed by atoms with Crippen LogP contribution in [0.5, 0.6) is 0 Å². The summed E-state index contributed by atoms with van der Waals surface area (Å²) in [6.45, 7) is 0. The zero-order valence-corrected chi connectivity index (χ0v) is 13.5. The van der Waals surface area contributed by atoms with Gasteiger partial charge in [0, 0.05) is 30.0 Å². The van der Waals surface area contributed by atoms with Gasteiger partial charge in [-0.15, -0.1) is 0 Å². The molecule has 0 radical (unpaired) electrons. The molecule has 3 heteroatoms. The van der Waals surface area contributed by atoms with Crippen molar-refractivity contribution in [1.29, 1.82) is 0 Å². The monoisotopic (exact) mass is 314 g/mol. The second-order valence-corrected chi connectivity index (χ2v) is 5.99. The van der Waals surface area contributed by atoms with Crippen LogP contribution < -0.4 is 10.2 Å². The molecule has 1 N–H and O–H groups in total. The van der Waals surface area contributed by atoms with Gasteiger partial charge in [-0.3, -0.25) is 4.79 Å². The molecule has 0 aliphatic carbocycles. The molecular weight excluding hydrogens is 296 g/mol. The molecule has 0 atom stereocenters. The van der Waals surface area contributed by atoms with Crippen LogP contribution in [0, 0.1) is 0 Å². The number of nitrogens with one attached hydrogen (secondary N) is 1. The lowest BCUT2D eigenvalue weighted by atomic mass is 9.93. The highest BCUT2D eigenvalue weighted by Gasteiger charge is 2.19. The summed E-state index contributed by atoms with van der Waals surface area (Å²) in [4.78, 5) is 14.4. The van der Waals surface area contributed by atoms with Gasteiger partial charge in [-0.2, -0.15) is 0 Å². The maximum absolute atomic E-state index is 12.7. The highest BCUT2D eigenvalue weighted by Crippen LogP contribution is 2.36. The highest BCUT2D eigenvalue weighted by atomic mass is 16.2. The summed E-state index contributed by atoms with van der Waals surface area (Å²) in [6.07, 6.45) is 2.32. The summed E-state index contributed by atoms with van der Waals surface area (Å²) in [6, 6.07) is 22.2. The fourth-order valence-electron chi connectivity index (χ4n) is 3.19. The van der Waals surface area contributed by atoms with Crippen LogP contribution in [-0.2, 0) is 4.79 Å². The van der Waals surface area contributed by atoms with E-state index in [0.717, 1.165) is 22.5 Å². The number of hydrogen-bond acceptors (Lipinski definition) is 2. The van der Waals surface area contributed by atoms with E-state index in [1.807, 2.05) is 55.7 Å². The number of amides is 1. The van der Waals surface area contributed by atoms with Crippen molar-refractivity contribution in [2.24, 2.45) is 0 Å². The van der Waals surface area contributed by atoms with Crippen molar-refractivity contribution in [3.8, 4) is 0 Å². The Kier molecular flexibility index (Phi) is 3.54. The van der Waals surface area contributed by atoms with Gasteiger partial charge >= 0.3 is 0 Å². The minimum Gasteiger partial charge on any atom is -0.361 e. The van der Waals surface area contributed by atoms with Crippen molar-refractivity contribution < 1.29 is 4.79 Å². The summed E-state index contributed by atoms with van der Waals surface area (Å²) < 4.78 is 0. The predicted molar refractivity (Wildman–Crippen MR) is 100 cm³/mol. The van der Waals surface area contributed by atoms with Gasteiger partial charge in [0.2, 0.25) is 5.91 Å². The second-order valence-electron chi connectivity index (χ2n) is 5.99. The number of hydrogen-bond donors (Lipinski definition) is 1. The molecule has 0 bridgehead atoms. The van der Waals surface area contributed by atoms with Gasteiger partial charge in [-0.25, -0.2) is 0 Å². The number of benzene rings is 3. The number of para-hydroxylation sites is 1. The first kappa shape index (κ1) is 14.5. The number of carbonyl (C=O) groups excluding carboxylic acids is 1. The van der Waals surface area contributed by atoms with Gasteiger partial charge in [-0.05, 0) is 34.7 Å². The molecule has 0 saturated carbocycles. The minimum absolute atomic E-state index is 0.0747. The van der Waals surface area contributed by atoms with E-state index < -0.39 is 0 Å². The van der Waals surface area contributed by atoms with E-state index in [4.69, 9.17) is 0 Å². The Balaban J connectivity index is 1.65. The summed E-state index contributed by atoms with van der Waals surface area (Å²) in [5.41, 5.74) is 4.16. The molecule has 1 aliphatic rings. The molecular formula is C21H18N2O. The zero-order valence-electron chi connectivity index (χ0n) is 13.5.